The molecule has 0 N–H and O–H groups in total. The van der Waals surface area contributed by atoms with Gasteiger partial charge in [0.05, 0.1) is 0 Å². The van der Waals surface area contributed by atoms with Crippen LogP contribution in [0, 0.1) is 0 Å². The average Bonchev–Trinajstić information content (AvgIpc) is 2.15. The number of hydrogen-bond acceptors (Lipinski definition) is 4. The van der Waals surface area contributed by atoms with Crippen molar-refractivity contribution in [3.63, 3.8) is 0 Å². The van der Waals surface area contributed by atoms with Gasteiger partial charge >= 0.3 is 0 Å². The van der Waals surface area contributed by atoms with Gasteiger partial charge in [-0.25, -0.2) is 0 Å². The fraction of sp³-hybridized carbons (Fsp3) is 1.00. The molecule has 0 aliphatic carbocycles. The van der Waals surface area contributed by atoms with Crippen LogP contribution in [0.2, 0.25) is 0 Å². The lowest BCUT2D eigenvalue weighted by atomic mass is 10.00. The molecule has 0 aliphatic rings. The molecule has 0 bridgehead atoms. The Morgan fingerprint density at radius 2 is 0.765 bits per heavy atom. The molecule has 0 rings (SSSR count). The molecule has 0 aromatic carbocycles. The SMILES string of the molecule is CC(CC(C)(N(F)F)N(F)F)(N(F)F)N(F)F. The Morgan fingerprint density at radius 1 is 0.588 bits per heavy atom. The minimum atomic E-state index is -3.60. The normalized spacial score (nSPS) is 14.5. The highest BCUT2D eigenvalue weighted by Gasteiger charge is 2.55. The van der Waals surface area contributed by atoms with Crippen LogP contribution in [0.25, 0.3) is 0 Å². The number of nitrogens with zero attached hydrogens (tertiary/aromatic N) is 4. The quantitative estimate of drug-likeness (QED) is 0.420. The van der Waals surface area contributed by atoms with E-state index in [0.29, 0.717) is 0 Å². The van der Waals surface area contributed by atoms with E-state index in [9.17, 15) is 35.9 Å². The second-order valence-corrected chi connectivity index (χ2v) is 3.54. The maximum Gasteiger partial charge on any atom is 0.196 e. The summed E-state index contributed by atoms with van der Waals surface area (Å²) in [6.07, 6.45) is -1.96. The zero-order chi connectivity index (χ0) is 14.0. The first-order valence-electron chi connectivity index (χ1n) is 3.95. The minimum Gasteiger partial charge on any atom is -0.0993 e. The highest BCUT2D eigenvalue weighted by molar-refractivity contribution is 4.84. The number of hydrogen-bond donors (Lipinski definition) is 0. The minimum absolute atomic E-state index is 0.123. The molecule has 0 aliphatic heterocycles. The molecule has 0 saturated carbocycles. The van der Waals surface area contributed by atoms with Crippen molar-refractivity contribution in [2.45, 2.75) is 31.6 Å². The van der Waals surface area contributed by atoms with Crippen molar-refractivity contribution < 1.29 is 35.9 Å². The standard InChI is InChI=1S/C5H8F8N4/c1-4(14(6)7,15(8)9)3-5(2,16(10)11)17(12)13/h3H2,1-2H3. The molecule has 12 heteroatoms. The monoisotopic (exact) mass is 276 g/mol. The van der Waals surface area contributed by atoms with Gasteiger partial charge in [0, 0.05) is 27.8 Å². The van der Waals surface area contributed by atoms with Gasteiger partial charge in [-0.1, -0.05) is 35.9 Å². The molecule has 0 unspecified atom stereocenters. The molecular formula is C5H8F8N4. The van der Waals surface area contributed by atoms with Gasteiger partial charge in [0.1, 0.15) is 0 Å². The Morgan fingerprint density at radius 3 is 0.882 bits per heavy atom. The van der Waals surface area contributed by atoms with Gasteiger partial charge in [-0.05, 0) is 13.8 Å². The highest BCUT2D eigenvalue weighted by Crippen LogP contribution is 2.37. The molecular weight excluding hydrogens is 268 g/mol. The summed E-state index contributed by atoms with van der Waals surface area (Å²) in [6.45, 7) is 0.247. The smallest absolute Gasteiger partial charge is 0.0993 e. The van der Waals surface area contributed by atoms with Gasteiger partial charge in [-0.3, -0.25) is 0 Å². The van der Waals surface area contributed by atoms with Crippen LogP contribution in [-0.4, -0.2) is 32.7 Å². The topological polar surface area (TPSA) is 13.0 Å². The van der Waals surface area contributed by atoms with Crippen molar-refractivity contribution in [3.8, 4) is 0 Å². The van der Waals surface area contributed by atoms with Crippen molar-refractivity contribution in [1.82, 2.24) is 21.4 Å². The van der Waals surface area contributed by atoms with Crippen LogP contribution in [0.4, 0.5) is 35.9 Å². The largest absolute Gasteiger partial charge is 0.196 e. The van der Waals surface area contributed by atoms with E-state index in [4.69, 9.17) is 0 Å². The lowest BCUT2D eigenvalue weighted by molar-refractivity contribution is -0.415. The molecule has 0 atom stereocenters. The molecule has 0 amide bonds. The third-order valence-electron chi connectivity index (χ3n) is 2.13. The summed E-state index contributed by atoms with van der Waals surface area (Å²) in [5.74, 6) is 0. The third-order valence-corrected chi connectivity index (χ3v) is 2.13. The summed E-state index contributed by atoms with van der Waals surface area (Å²) in [5.41, 5.74) is -7.19. The van der Waals surface area contributed by atoms with Crippen LogP contribution in [0.5, 0.6) is 0 Å². The van der Waals surface area contributed by atoms with Crippen LogP contribution >= 0.6 is 0 Å². The van der Waals surface area contributed by atoms with Crippen molar-refractivity contribution >= 4 is 0 Å². The summed E-state index contributed by atoms with van der Waals surface area (Å²) in [5, 5.41) is -8.51. The van der Waals surface area contributed by atoms with E-state index in [1.165, 1.54) is 0 Å². The maximum atomic E-state index is 12.2. The molecule has 0 heterocycles. The lowest BCUT2D eigenvalue weighted by Crippen LogP contribution is -2.57. The predicted octanol–water partition coefficient (Wildman–Crippen LogP) is 3.09. The van der Waals surface area contributed by atoms with Gasteiger partial charge in [0.25, 0.3) is 0 Å². The molecule has 0 aromatic heterocycles. The van der Waals surface area contributed by atoms with Crippen LogP contribution in [0.1, 0.15) is 20.3 Å². The summed E-state index contributed by atoms with van der Waals surface area (Å²) in [6, 6.07) is 0. The van der Waals surface area contributed by atoms with E-state index in [0.717, 1.165) is 0 Å². The fourth-order valence-corrected chi connectivity index (χ4v) is 0.988. The van der Waals surface area contributed by atoms with E-state index in [-0.39, 0.29) is 13.8 Å². The third kappa shape index (κ3) is 3.14. The van der Waals surface area contributed by atoms with Crippen LogP contribution < -0.4 is 0 Å². The van der Waals surface area contributed by atoms with Crippen LogP contribution in [0.15, 0.2) is 0 Å². The first-order chi connectivity index (χ1) is 7.48. The molecule has 104 valence electrons. The first kappa shape index (κ1) is 16.3. The molecule has 0 radical (unpaired) electrons. The van der Waals surface area contributed by atoms with Gasteiger partial charge in [-0.2, -0.15) is 0 Å². The summed E-state index contributed by atoms with van der Waals surface area (Å²) in [7, 11) is 0. The fourth-order valence-electron chi connectivity index (χ4n) is 0.988. The van der Waals surface area contributed by atoms with E-state index >= 15 is 0 Å². The van der Waals surface area contributed by atoms with Crippen LogP contribution in [0.3, 0.4) is 0 Å². The Bertz CT molecular complexity index is 206. The van der Waals surface area contributed by atoms with Crippen molar-refractivity contribution in [2.24, 2.45) is 0 Å². The Balaban J connectivity index is 5.22. The van der Waals surface area contributed by atoms with Crippen molar-refractivity contribution in [2.75, 3.05) is 0 Å². The van der Waals surface area contributed by atoms with Gasteiger partial charge in [0.2, 0.25) is 0 Å². The second kappa shape index (κ2) is 5.29. The molecule has 0 fully saturated rings. The summed E-state index contributed by atoms with van der Waals surface area (Å²) >= 11 is 0. The zero-order valence-corrected chi connectivity index (χ0v) is 8.52. The molecule has 0 aromatic rings. The summed E-state index contributed by atoms with van der Waals surface area (Å²) < 4.78 is 97.4. The molecule has 0 saturated heterocycles. The maximum absolute atomic E-state index is 12.2. The lowest BCUT2D eigenvalue weighted by Gasteiger charge is -2.37. The number of rotatable bonds is 6. The van der Waals surface area contributed by atoms with Gasteiger partial charge < -0.3 is 0 Å². The second-order valence-electron chi connectivity index (χ2n) is 3.54. The predicted molar refractivity (Wildman–Crippen MR) is 37.6 cm³/mol. The van der Waals surface area contributed by atoms with E-state index in [2.05, 4.69) is 0 Å². The van der Waals surface area contributed by atoms with Gasteiger partial charge in [0.15, 0.2) is 11.3 Å². The Hall–Kier alpha value is -0.720. The van der Waals surface area contributed by atoms with Crippen molar-refractivity contribution in [1.29, 1.82) is 0 Å². The van der Waals surface area contributed by atoms with Crippen LogP contribution in [-0.2, 0) is 0 Å². The Labute approximate surface area is 90.0 Å². The van der Waals surface area contributed by atoms with Gasteiger partial charge in [-0.15, -0.1) is 0 Å². The Kier molecular flexibility index (Phi) is 5.06. The van der Waals surface area contributed by atoms with E-state index in [1.807, 2.05) is 0 Å². The molecule has 4 nitrogen and oxygen atoms in total. The summed E-state index contributed by atoms with van der Waals surface area (Å²) in [4.78, 5) is 0. The van der Waals surface area contributed by atoms with E-state index < -0.39 is 39.1 Å². The first-order valence-corrected chi connectivity index (χ1v) is 3.95. The van der Waals surface area contributed by atoms with Crippen molar-refractivity contribution in [3.05, 3.63) is 0 Å². The zero-order valence-electron chi connectivity index (χ0n) is 8.52. The average molecular weight is 276 g/mol. The number of halogens is 8. The van der Waals surface area contributed by atoms with E-state index in [1.54, 1.807) is 0 Å². The molecule has 0 spiro atoms. The highest BCUT2D eigenvalue weighted by atomic mass is 19.4. The molecule has 17 heavy (non-hydrogen) atoms.